The molecule has 1 heterocycles. The maximum Gasteiger partial charge on any atom is 0.331 e. The number of carbonyl (C=O) groups excluding carboxylic acids is 1. The van der Waals surface area contributed by atoms with Crippen LogP contribution >= 0.6 is 0 Å². The van der Waals surface area contributed by atoms with Crippen molar-refractivity contribution in [3.8, 4) is 11.5 Å². The summed E-state index contributed by atoms with van der Waals surface area (Å²) in [5, 5.41) is 0. The van der Waals surface area contributed by atoms with E-state index < -0.39 is 5.97 Å². The van der Waals surface area contributed by atoms with E-state index in [4.69, 9.17) is 14.2 Å². The number of aryl methyl sites for hydroxylation is 1. The van der Waals surface area contributed by atoms with Gasteiger partial charge in [0.2, 0.25) is 0 Å². The van der Waals surface area contributed by atoms with Crippen molar-refractivity contribution in [3.63, 3.8) is 0 Å². The maximum absolute atomic E-state index is 12.0. The highest BCUT2D eigenvalue weighted by molar-refractivity contribution is 5.87. The molecule has 0 aliphatic carbocycles. The first kappa shape index (κ1) is 20.2. The van der Waals surface area contributed by atoms with Crippen molar-refractivity contribution >= 4 is 12.0 Å². The Bertz CT molecular complexity index is 961. The first-order valence-electron chi connectivity index (χ1n) is 9.40. The first-order valence-corrected chi connectivity index (χ1v) is 9.40. The summed E-state index contributed by atoms with van der Waals surface area (Å²) in [5.74, 6) is 1.91. The lowest BCUT2D eigenvalue weighted by atomic mass is 10.2. The standard InChI is InChI=1S/C23H24N2O4/c1-3-27-21-7-5-4-6-19(21)10-13-23(26)29-16-18-8-11-20(12-9-18)28-17-22-24-14-15-25(22)2/h4-15H,3,16-17H2,1-2H3/b13-10+. The van der Waals surface area contributed by atoms with Crippen LogP contribution in [0.2, 0.25) is 0 Å². The molecule has 6 heteroatoms. The molecule has 3 aromatic rings. The zero-order valence-corrected chi connectivity index (χ0v) is 16.6. The van der Waals surface area contributed by atoms with Gasteiger partial charge in [0.1, 0.15) is 30.5 Å². The average molecular weight is 392 g/mol. The van der Waals surface area contributed by atoms with Gasteiger partial charge in [-0.15, -0.1) is 0 Å². The lowest BCUT2D eigenvalue weighted by Crippen LogP contribution is -2.03. The summed E-state index contributed by atoms with van der Waals surface area (Å²) in [6.07, 6.45) is 6.71. The third kappa shape index (κ3) is 5.97. The predicted octanol–water partition coefficient (Wildman–Crippen LogP) is 4.15. The number of rotatable bonds is 9. The SMILES string of the molecule is CCOc1ccccc1/C=C/C(=O)OCc1ccc(OCc2nccn2C)cc1. The Balaban J connectivity index is 1.48. The van der Waals surface area contributed by atoms with Gasteiger partial charge in [-0.3, -0.25) is 0 Å². The second kappa shape index (κ2) is 10.1. The van der Waals surface area contributed by atoms with E-state index in [1.165, 1.54) is 6.08 Å². The van der Waals surface area contributed by atoms with Crippen LogP contribution in [0.25, 0.3) is 6.08 Å². The van der Waals surface area contributed by atoms with Gasteiger partial charge in [-0.1, -0.05) is 30.3 Å². The van der Waals surface area contributed by atoms with Crippen LogP contribution in [0, 0.1) is 0 Å². The first-order chi connectivity index (χ1) is 14.2. The second-order valence-corrected chi connectivity index (χ2v) is 6.30. The number of carbonyl (C=O) groups is 1. The largest absolute Gasteiger partial charge is 0.493 e. The summed E-state index contributed by atoms with van der Waals surface area (Å²) in [4.78, 5) is 16.2. The fourth-order valence-corrected chi connectivity index (χ4v) is 2.63. The van der Waals surface area contributed by atoms with Crippen molar-refractivity contribution in [1.29, 1.82) is 0 Å². The molecule has 0 unspecified atom stereocenters. The summed E-state index contributed by atoms with van der Waals surface area (Å²) in [7, 11) is 1.92. The van der Waals surface area contributed by atoms with Gasteiger partial charge in [0.15, 0.2) is 0 Å². The van der Waals surface area contributed by atoms with Crippen LogP contribution in [0.4, 0.5) is 0 Å². The number of benzene rings is 2. The fourth-order valence-electron chi connectivity index (χ4n) is 2.63. The minimum atomic E-state index is -0.411. The van der Waals surface area contributed by atoms with E-state index in [-0.39, 0.29) is 6.61 Å². The highest BCUT2D eigenvalue weighted by Gasteiger charge is 2.04. The van der Waals surface area contributed by atoms with Crippen LogP contribution in [0.1, 0.15) is 23.9 Å². The van der Waals surface area contributed by atoms with Gasteiger partial charge in [-0.05, 0) is 36.8 Å². The van der Waals surface area contributed by atoms with Gasteiger partial charge in [0, 0.05) is 31.1 Å². The number of hydrogen-bond acceptors (Lipinski definition) is 5. The van der Waals surface area contributed by atoms with E-state index >= 15 is 0 Å². The molecule has 150 valence electrons. The van der Waals surface area contributed by atoms with Gasteiger partial charge < -0.3 is 18.8 Å². The van der Waals surface area contributed by atoms with Crippen molar-refractivity contribution in [1.82, 2.24) is 9.55 Å². The van der Waals surface area contributed by atoms with E-state index in [1.807, 2.05) is 73.3 Å². The van der Waals surface area contributed by atoms with Crippen LogP contribution in [-0.4, -0.2) is 22.1 Å². The van der Waals surface area contributed by atoms with Gasteiger partial charge >= 0.3 is 5.97 Å². The van der Waals surface area contributed by atoms with E-state index in [0.29, 0.717) is 13.2 Å². The molecule has 0 aliphatic rings. The van der Waals surface area contributed by atoms with Crippen molar-refractivity contribution in [3.05, 3.63) is 84.0 Å². The smallest absolute Gasteiger partial charge is 0.331 e. The summed E-state index contributed by atoms with van der Waals surface area (Å²) >= 11 is 0. The highest BCUT2D eigenvalue weighted by Crippen LogP contribution is 2.19. The number of aromatic nitrogens is 2. The van der Waals surface area contributed by atoms with E-state index in [2.05, 4.69) is 4.98 Å². The van der Waals surface area contributed by atoms with Gasteiger partial charge in [0.05, 0.1) is 6.61 Å². The summed E-state index contributed by atoms with van der Waals surface area (Å²) in [5.41, 5.74) is 1.71. The summed E-state index contributed by atoms with van der Waals surface area (Å²) < 4.78 is 18.5. The topological polar surface area (TPSA) is 62.6 Å². The lowest BCUT2D eigenvalue weighted by Gasteiger charge is -2.08. The Morgan fingerprint density at radius 3 is 2.59 bits per heavy atom. The minimum absolute atomic E-state index is 0.190. The van der Waals surface area contributed by atoms with E-state index in [1.54, 1.807) is 12.3 Å². The molecule has 0 atom stereocenters. The molecule has 0 spiro atoms. The number of ether oxygens (including phenoxy) is 3. The van der Waals surface area contributed by atoms with E-state index in [9.17, 15) is 4.79 Å². The Hall–Kier alpha value is -3.54. The van der Waals surface area contributed by atoms with Gasteiger partial charge in [-0.25, -0.2) is 9.78 Å². The minimum Gasteiger partial charge on any atom is -0.493 e. The molecule has 3 rings (SSSR count). The molecule has 0 N–H and O–H groups in total. The molecular weight excluding hydrogens is 368 g/mol. The lowest BCUT2D eigenvalue weighted by molar-refractivity contribution is -0.138. The van der Waals surface area contributed by atoms with Crippen LogP contribution in [0.15, 0.2) is 67.0 Å². The number of hydrogen-bond donors (Lipinski definition) is 0. The molecule has 2 aromatic carbocycles. The molecule has 6 nitrogen and oxygen atoms in total. The third-order valence-electron chi connectivity index (χ3n) is 4.21. The third-order valence-corrected chi connectivity index (χ3v) is 4.21. The van der Waals surface area contributed by atoms with Crippen LogP contribution < -0.4 is 9.47 Å². The molecule has 0 fully saturated rings. The van der Waals surface area contributed by atoms with Crippen molar-refractivity contribution in [2.24, 2.45) is 7.05 Å². The van der Waals surface area contributed by atoms with Crippen molar-refractivity contribution in [2.75, 3.05) is 6.61 Å². The monoisotopic (exact) mass is 392 g/mol. The molecule has 0 saturated carbocycles. The fraction of sp³-hybridized carbons (Fsp3) is 0.217. The van der Waals surface area contributed by atoms with Crippen molar-refractivity contribution < 1.29 is 19.0 Å². The normalized spacial score (nSPS) is 10.8. The number of esters is 1. The number of para-hydroxylation sites is 1. The molecule has 0 saturated heterocycles. The molecule has 1 aromatic heterocycles. The van der Waals surface area contributed by atoms with Crippen LogP contribution in [0.5, 0.6) is 11.5 Å². The number of nitrogens with zero attached hydrogens (tertiary/aromatic N) is 2. The van der Waals surface area contributed by atoms with Crippen LogP contribution in [0.3, 0.4) is 0 Å². The molecule has 29 heavy (non-hydrogen) atoms. The van der Waals surface area contributed by atoms with Crippen molar-refractivity contribution in [2.45, 2.75) is 20.1 Å². The predicted molar refractivity (Wildman–Crippen MR) is 110 cm³/mol. The Morgan fingerprint density at radius 1 is 1.07 bits per heavy atom. The average Bonchev–Trinajstić information content (AvgIpc) is 3.16. The Morgan fingerprint density at radius 2 is 1.86 bits per heavy atom. The zero-order chi connectivity index (χ0) is 20.5. The molecular formula is C23H24N2O4. The summed E-state index contributed by atoms with van der Waals surface area (Å²) in [6.45, 7) is 3.07. The quantitative estimate of drug-likeness (QED) is 0.404. The van der Waals surface area contributed by atoms with Gasteiger partial charge in [0.25, 0.3) is 0 Å². The Labute approximate surface area is 170 Å². The van der Waals surface area contributed by atoms with Gasteiger partial charge in [-0.2, -0.15) is 0 Å². The molecule has 0 radical (unpaired) electrons. The molecule has 0 amide bonds. The van der Waals surface area contributed by atoms with E-state index in [0.717, 1.165) is 28.5 Å². The highest BCUT2D eigenvalue weighted by atomic mass is 16.5. The zero-order valence-electron chi connectivity index (χ0n) is 16.6. The number of imidazole rings is 1. The second-order valence-electron chi connectivity index (χ2n) is 6.30. The Kier molecular flexibility index (Phi) is 7.05. The summed E-state index contributed by atoms with van der Waals surface area (Å²) in [6, 6.07) is 15.0. The molecule has 0 aliphatic heterocycles. The maximum atomic E-state index is 12.0. The van der Waals surface area contributed by atoms with Crippen LogP contribution in [-0.2, 0) is 29.8 Å². The molecule has 0 bridgehead atoms.